The number of thiophene rings is 1. The molecule has 2 saturated heterocycles. The molecule has 126 valence electrons. The summed E-state index contributed by atoms with van der Waals surface area (Å²) in [5.41, 5.74) is 0. The largest absolute Gasteiger partial charge is 0.354 e. The van der Waals surface area contributed by atoms with E-state index in [1.165, 1.54) is 4.88 Å². The van der Waals surface area contributed by atoms with Crippen LogP contribution in [0.4, 0.5) is 4.79 Å². The Bertz CT molecular complexity index is 526. The molecule has 0 radical (unpaired) electrons. The van der Waals surface area contributed by atoms with E-state index < -0.39 is 0 Å². The lowest BCUT2D eigenvalue weighted by atomic mass is 10.1. The van der Waals surface area contributed by atoms with E-state index in [4.69, 9.17) is 0 Å². The first-order valence-electron chi connectivity index (χ1n) is 8.30. The number of urea groups is 1. The molecule has 6 nitrogen and oxygen atoms in total. The number of amides is 3. The summed E-state index contributed by atoms with van der Waals surface area (Å²) in [7, 11) is 0. The first kappa shape index (κ1) is 16.3. The summed E-state index contributed by atoms with van der Waals surface area (Å²) in [4.78, 5) is 29.8. The van der Waals surface area contributed by atoms with Gasteiger partial charge in [0.05, 0.1) is 0 Å². The van der Waals surface area contributed by atoms with E-state index in [1.807, 2.05) is 4.90 Å². The van der Waals surface area contributed by atoms with Gasteiger partial charge < -0.3 is 15.5 Å². The third-order valence-corrected chi connectivity index (χ3v) is 5.31. The minimum absolute atomic E-state index is 0.0489. The molecule has 3 heterocycles. The number of hydrogen-bond acceptors (Lipinski definition) is 4. The molecule has 2 aliphatic rings. The third kappa shape index (κ3) is 4.45. The Balaban J connectivity index is 1.45. The quantitative estimate of drug-likeness (QED) is 0.873. The van der Waals surface area contributed by atoms with Crippen LogP contribution in [0.1, 0.15) is 24.1 Å². The molecule has 1 atom stereocenters. The highest BCUT2D eigenvalue weighted by Crippen LogP contribution is 2.14. The molecular weight excluding hydrogens is 312 g/mol. The van der Waals surface area contributed by atoms with Crippen LogP contribution in [0.25, 0.3) is 0 Å². The Labute approximate surface area is 140 Å². The summed E-state index contributed by atoms with van der Waals surface area (Å²) < 4.78 is 0. The van der Waals surface area contributed by atoms with Gasteiger partial charge in [-0.15, -0.1) is 11.3 Å². The first-order valence-corrected chi connectivity index (χ1v) is 9.18. The maximum atomic E-state index is 12.4. The highest BCUT2D eigenvalue weighted by atomic mass is 32.1. The van der Waals surface area contributed by atoms with Crippen molar-refractivity contribution in [1.82, 2.24) is 20.4 Å². The second-order valence-electron chi connectivity index (χ2n) is 6.13. The van der Waals surface area contributed by atoms with Crippen molar-refractivity contribution in [3.05, 3.63) is 22.4 Å². The van der Waals surface area contributed by atoms with Gasteiger partial charge in [-0.25, -0.2) is 4.79 Å². The molecule has 0 unspecified atom stereocenters. The van der Waals surface area contributed by atoms with Gasteiger partial charge in [0.2, 0.25) is 5.91 Å². The van der Waals surface area contributed by atoms with Gasteiger partial charge in [0.15, 0.2) is 0 Å². The molecule has 0 spiro atoms. The van der Waals surface area contributed by atoms with Crippen molar-refractivity contribution in [1.29, 1.82) is 0 Å². The number of nitrogens with one attached hydrogen (secondary N) is 2. The molecule has 1 aromatic heterocycles. The van der Waals surface area contributed by atoms with Crippen molar-refractivity contribution in [3.8, 4) is 0 Å². The van der Waals surface area contributed by atoms with Crippen LogP contribution in [-0.2, 0) is 11.3 Å². The Hall–Kier alpha value is -1.60. The molecule has 2 N–H and O–H groups in total. The van der Waals surface area contributed by atoms with Gasteiger partial charge >= 0.3 is 6.03 Å². The van der Waals surface area contributed by atoms with Gasteiger partial charge in [-0.1, -0.05) is 6.07 Å². The zero-order chi connectivity index (χ0) is 16.1. The van der Waals surface area contributed by atoms with Crippen LogP contribution in [0.5, 0.6) is 0 Å². The Morgan fingerprint density at radius 1 is 1.30 bits per heavy atom. The second-order valence-corrected chi connectivity index (χ2v) is 7.16. The zero-order valence-electron chi connectivity index (χ0n) is 13.3. The molecular formula is C16H24N4O2S. The summed E-state index contributed by atoms with van der Waals surface area (Å²) in [6, 6.07) is 3.73. The average Bonchev–Trinajstić information content (AvgIpc) is 2.98. The van der Waals surface area contributed by atoms with Gasteiger partial charge in [0.25, 0.3) is 0 Å². The fourth-order valence-corrected chi connectivity index (χ4v) is 3.80. The minimum atomic E-state index is -0.380. The maximum Gasteiger partial charge on any atom is 0.318 e. The van der Waals surface area contributed by atoms with E-state index in [0.717, 1.165) is 38.9 Å². The lowest BCUT2D eigenvalue weighted by Gasteiger charge is -2.35. The normalized spacial score (nSPS) is 23.2. The molecule has 3 rings (SSSR count). The summed E-state index contributed by atoms with van der Waals surface area (Å²) in [6.45, 7) is 4.85. The predicted molar refractivity (Wildman–Crippen MR) is 90.3 cm³/mol. The highest BCUT2D eigenvalue weighted by molar-refractivity contribution is 7.09. The molecule has 0 aromatic carbocycles. The molecule has 23 heavy (non-hydrogen) atoms. The van der Waals surface area contributed by atoms with Crippen LogP contribution in [-0.4, -0.2) is 60.5 Å². The highest BCUT2D eigenvalue weighted by Gasteiger charge is 2.26. The number of rotatable bonds is 3. The van der Waals surface area contributed by atoms with Crippen molar-refractivity contribution in [2.45, 2.75) is 31.8 Å². The topological polar surface area (TPSA) is 64.7 Å². The third-order valence-electron chi connectivity index (χ3n) is 4.45. The van der Waals surface area contributed by atoms with E-state index in [1.54, 1.807) is 11.3 Å². The lowest BCUT2D eigenvalue weighted by Crippen LogP contribution is -2.55. The predicted octanol–water partition coefficient (Wildman–Crippen LogP) is 1.24. The molecule has 0 saturated carbocycles. The van der Waals surface area contributed by atoms with Gasteiger partial charge in [-0.3, -0.25) is 9.69 Å². The number of nitrogens with zero attached hydrogens (tertiary/aromatic N) is 2. The van der Waals surface area contributed by atoms with Crippen LogP contribution < -0.4 is 10.6 Å². The molecule has 7 heteroatoms. The first-order chi connectivity index (χ1) is 11.2. The summed E-state index contributed by atoms with van der Waals surface area (Å²) >= 11 is 1.77. The monoisotopic (exact) mass is 336 g/mol. The van der Waals surface area contributed by atoms with E-state index in [0.29, 0.717) is 19.6 Å². The van der Waals surface area contributed by atoms with Gasteiger partial charge in [-0.05, 0) is 30.7 Å². The van der Waals surface area contributed by atoms with Gasteiger partial charge in [0, 0.05) is 44.1 Å². The fourth-order valence-electron chi connectivity index (χ4n) is 3.05. The number of piperazine rings is 1. The molecule has 2 aliphatic heterocycles. The standard InChI is InChI=1S/C16H24N4O2S/c21-15-14(5-1-2-6-17-15)18-16(22)20-9-7-19(8-10-20)12-13-4-3-11-23-13/h3-4,11,14H,1-2,5-10,12H2,(H,17,21)(H,18,22)/t14-/m1/s1. The van der Waals surface area contributed by atoms with Gasteiger partial charge in [-0.2, -0.15) is 0 Å². The fraction of sp³-hybridized carbons (Fsp3) is 0.625. The Morgan fingerprint density at radius 2 is 2.13 bits per heavy atom. The molecule has 1 aromatic rings. The summed E-state index contributed by atoms with van der Waals surface area (Å²) in [6.07, 6.45) is 2.69. The number of carbonyl (C=O) groups is 2. The van der Waals surface area contributed by atoms with Crippen molar-refractivity contribution in [2.24, 2.45) is 0 Å². The maximum absolute atomic E-state index is 12.4. The number of carbonyl (C=O) groups excluding carboxylic acids is 2. The van der Waals surface area contributed by atoms with Crippen LogP contribution in [0.3, 0.4) is 0 Å². The van der Waals surface area contributed by atoms with Gasteiger partial charge in [0.1, 0.15) is 6.04 Å². The van der Waals surface area contributed by atoms with Crippen LogP contribution in [0.2, 0.25) is 0 Å². The Morgan fingerprint density at radius 3 is 2.87 bits per heavy atom. The minimum Gasteiger partial charge on any atom is -0.354 e. The van der Waals surface area contributed by atoms with E-state index in [2.05, 4.69) is 33.0 Å². The van der Waals surface area contributed by atoms with Crippen molar-refractivity contribution >= 4 is 23.3 Å². The van der Waals surface area contributed by atoms with Crippen molar-refractivity contribution in [2.75, 3.05) is 32.7 Å². The van der Waals surface area contributed by atoms with E-state index in [9.17, 15) is 9.59 Å². The molecule has 3 amide bonds. The van der Waals surface area contributed by atoms with E-state index in [-0.39, 0.29) is 18.0 Å². The number of hydrogen-bond donors (Lipinski definition) is 2. The van der Waals surface area contributed by atoms with E-state index >= 15 is 0 Å². The van der Waals surface area contributed by atoms with Crippen molar-refractivity contribution in [3.63, 3.8) is 0 Å². The molecule has 0 bridgehead atoms. The summed E-state index contributed by atoms with van der Waals surface area (Å²) in [5.74, 6) is -0.0489. The second kappa shape index (κ2) is 7.79. The lowest BCUT2D eigenvalue weighted by molar-refractivity contribution is -0.122. The summed E-state index contributed by atoms with van der Waals surface area (Å²) in [5, 5.41) is 7.85. The SMILES string of the molecule is O=C1NCCCC[C@H]1NC(=O)N1CCN(Cc2cccs2)CC1. The molecule has 0 aliphatic carbocycles. The zero-order valence-corrected chi connectivity index (χ0v) is 14.1. The van der Waals surface area contributed by atoms with Crippen LogP contribution in [0.15, 0.2) is 17.5 Å². The smallest absolute Gasteiger partial charge is 0.318 e. The Kier molecular flexibility index (Phi) is 5.51. The van der Waals surface area contributed by atoms with Crippen LogP contribution in [0, 0.1) is 0 Å². The van der Waals surface area contributed by atoms with Crippen molar-refractivity contribution < 1.29 is 9.59 Å². The average molecular weight is 336 g/mol. The van der Waals surface area contributed by atoms with Crippen LogP contribution >= 0.6 is 11.3 Å². The molecule has 2 fully saturated rings.